The van der Waals surface area contributed by atoms with Gasteiger partial charge in [0, 0.05) is 6.54 Å². The number of carbonyl (C=O) groups is 1. The zero-order valence-electron chi connectivity index (χ0n) is 6.56. The van der Waals surface area contributed by atoms with Gasteiger partial charge in [0.05, 0.1) is 12.8 Å². The molecule has 0 bridgehead atoms. The van der Waals surface area contributed by atoms with Crippen LogP contribution < -0.4 is 5.73 Å². The molecule has 0 aromatic carbocycles. The van der Waals surface area contributed by atoms with Crippen molar-refractivity contribution in [2.24, 2.45) is 5.73 Å². The molecule has 1 aliphatic heterocycles. The number of nitrogens with zero attached hydrogens (tertiary/aromatic N) is 1. The first-order valence-electron chi connectivity index (χ1n) is 3.84. The molecule has 1 aromatic rings. The molecule has 4 heteroatoms. The highest BCUT2D eigenvalue weighted by atomic mass is 16.3. The van der Waals surface area contributed by atoms with Crippen LogP contribution >= 0.6 is 0 Å². The van der Waals surface area contributed by atoms with E-state index in [1.54, 1.807) is 17.2 Å². The summed E-state index contributed by atoms with van der Waals surface area (Å²) in [7, 11) is 0. The summed E-state index contributed by atoms with van der Waals surface area (Å²) < 4.78 is 5.09. The van der Waals surface area contributed by atoms with Gasteiger partial charge in [0.1, 0.15) is 11.8 Å². The summed E-state index contributed by atoms with van der Waals surface area (Å²) in [6.07, 6.45) is 1.60. The lowest BCUT2D eigenvalue weighted by Crippen LogP contribution is -2.60. The summed E-state index contributed by atoms with van der Waals surface area (Å²) in [5, 5.41) is 0. The highest BCUT2D eigenvalue weighted by Gasteiger charge is 2.33. The maximum atomic E-state index is 11.0. The van der Waals surface area contributed by atoms with E-state index in [1.165, 1.54) is 0 Å². The van der Waals surface area contributed by atoms with Crippen LogP contribution in [0.1, 0.15) is 5.76 Å². The summed E-state index contributed by atoms with van der Waals surface area (Å²) in [5.41, 5.74) is 5.42. The van der Waals surface area contributed by atoms with Crippen molar-refractivity contribution in [1.29, 1.82) is 0 Å². The Balaban J connectivity index is 1.94. The summed E-state index contributed by atoms with van der Waals surface area (Å²) in [5.74, 6) is 0.807. The number of nitrogens with two attached hydrogens (primary N) is 1. The number of amides is 1. The Morgan fingerprint density at radius 1 is 1.75 bits per heavy atom. The zero-order valence-corrected chi connectivity index (χ0v) is 6.56. The van der Waals surface area contributed by atoms with Gasteiger partial charge in [-0.2, -0.15) is 0 Å². The van der Waals surface area contributed by atoms with E-state index in [0.29, 0.717) is 13.1 Å². The molecule has 0 radical (unpaired) electrons. The van der Waals surface area contributed by atoms with Gasteiger partial charge in [0.2, 0.25) is 5.91 Å². The van der Waals surface area contributed by atoms with E-state index in [2.05, 4.69) is 0 Å². The minimum atomic E-state index is -0.292. The number of carbonyl (C=O) groups excluding carboxylic acids is 1. The molecule has 12 heavy (non-hydrogen) atoms. The Morgan fingerprint density at radius 3 is 3.08 bits per heavy atom. The van der Waals surface area contributed by atoms with Crippen LogP contribution in [0, 0.1) is 0 Å². The van der Waals surface area contributed by atoms with Gasteiger partial charge in [-0.15, -0.1) is 0 Å². The van der Waals surface area contributed by atoms with E-state index >= 15 is 0 Å². The molecule has 1 amide bonds. The van der Waals surface area contributed by atoms with Gasteiger partial charge in [-0.25, -0.2) is 0 Å². The van der Waals surface area contributed by atoms with E-state index in [-0.39, 0.29) is 11.9 Å². The Kier molecular flexibility index (Phi) is 1.62. The largest absolute Gasteiger partial charge is 0.467 e. The van der Waals surface area contributed by atoms with Gasteiger partial charge in [-0.3, -0.25) is 4.79 Å². The normalized spacial score (nSPS) is 22.6. The van der Waals surface area contributed by atoms with E-state index < -0.39 is 0 Å². The molecule has 4 nitrogen and oxygen atoms in total. The van der Waals surface area contributed by atoms with Crippen LogP contribution in [-0.2, 0) is 11.3 Å². The van der Waals surface area contributed by atoms with Crippen molar-refractivity contribution in [2.75, 3.05) is 6.54 Å². The van der Waals surface area contributed by atoms with Crippen molar-refractivity contribution in [3.8, 4) is 0 Å². The van der Waals surface area contributed by atoms with Gasteiger partial charge in [-0.05, 0) is 12.1 Å². The maximum Gasteiger partial charge on any atom is 0.241 e. The number of hydrogen-bond donors (Lipinski definition) is 1. The van der Waals surface area contributed by atoms with Crippen LogP contribution in [-0.4, -0.2) is 23.4 Å². The molecule has 0 aliphatic carbocycles. The number of furan rings is 1. The van der Waals surface area contributed by atoms with Crippen molar-refractivity contribution in [3.63, 3.8) is 0 Å². The molecular formula is C8H10N2O2. The van der Waals surface area contributed by atoms with Crippen molar-refractivity contribution < 1.29 is 9.21 Å². The van der Waals surface area contributed by atoms with E-state index in [4.69, 9.17) is 10.2 Å². The molecule has 2 heterocycles. The van der Waals surface area contributed by atoms with Crippen LogP contribution in [0.3, 0.4) is 0 Å². The first-order valence-corrected chi connectivity index (χ1v) is 3.84. The van der Waals surface area contributed by atoms with Gasteiger partial charge in [0.15, 0.2) is 0 Å². The Bertz CT molecular complexity index is 281. The second kappa shape index (κ2) is 2.64. The summed E-state index contributed by atoms with van der Waals surface area (Å²) in [6.45, 7) is 1.18. The number of rotatable bonds is 2. The third kappa shape index (κ3) is 1.10. The fourth-order valence-corrected chi connectivity index (χ4v) is 1.26. The van der Waals surface area contributed by atoms with Crippen molar-refractivity contribution >= 4 is 5.91 Å². The first-order chi connectivity index (χ1) is 5.77. The van der Waals surface area contributed by atoms with E-state index in [0.717, 1.165) is 5.76 Å². The molecule has 1 saturated heterocycles. The Hall–Kier alpha value is -1.29. The van der Waals surface area contributed by atoms with Gasteiger partial charge >= 0.3 is 0 Å². The molecule has 0 saturated carbocycles. The predicted molar refractivity (Wildman–Crippen MR) is 42.1 cm³/mol. The topological polar surface area (TPSA) is 59.5 Å². The molecule has 1 atom stereocenters. The molecular weight excluding hydrogens is 156 g/mol. The number of likely N-dealkylation sites (tertiary alicyclic amines) is 1. The average molecular weight is 166 g/mol. The minimum absolute atomic E-state index is 0.00593. The smallest absolute Gasteiger partial charge is 0.241 e. The molecule has 1 fully saturated rings. The third-order valence-corrected chi connectivity index (χ3v) is 1.97. The van der Waals surface area contributed by atoms with Gasteiger partial charge in [-0.1, -0.05) is 0 Å². The average Bonchev–Trinajstić information content (AvgIpc) is 2.56. The lowest BCUT2D eigenvalue weighted by atomic mass is 10.1. The van der Waals surface area contributed by atoms with Crippen LogP contribution in [0.25, 0.3) is 0 Å². The minimum Gasteiger partial charge on any atom is -0.467 e. The zero-order chi connectivity index (χ0) is 8.55. The summed E-state index contributed by atoms with van der Waals surface area (Å²) >= 11 is 0. The van der Waals surface area contributed by atoms with Crippen LogP contribution in [0.15, 0.2) is 22.8 Å². The molecule has 2 N–H and O–H groups in total. The van der Waals surface area contributed by atoms with Crippen LogP contribution in [0.2, 0.25) is 0 Å². The summed E-state index contributed by atoms with van der Waals surface area (Å²) in [4.78, 5) is 12.7. The highest BCUT2D eigenvalue weighted by molar-refractivity contribution is 5.87. The van der Waals surface area contributed by atoms with Crippen molar-refractivity contribution in [2.45, 2.75) is 12.6 Å². The predicted octanol–water partition coefficient (Wildman–Crippen LogP) is -0.0509. The Labute approximate surface area is 69.9 Å². The third-order valence-electron chi connectivity index (χ3n) is 1.97. The summed E-state index contributed by atoms with van der Waals surface area (Å²) in [6, 6.07) is 3.36. The highest BCUT2D eigenvalue weighted by Crippen LogP contribution is 2.13. The maximum absolute atomic E-state index is 11.0. The molecule has 64 valence electrons. The molecule has 1 aliphatic rings. The monoisotopic (exact) mass is 166 g/mol. The molecule has 1 unspecified atom stereocenters. The Morgan fingerprint density at radius 2 is 2.58 bits per heavy atom. The first kappa shape index (κ1) is 7.36. The fourth-order valence-electron chi connectivity index (χ4n) is 1.26. The second-order valence-corrected chi connectivity index (χ2v) is 2.90. The quantitative estimate of drug-likeness (QED) is 0.626. The number of β-lactam (4-membered cyclic amide) rings is 1. The van der Waals surface area contributed by atoms with Gasteiger partial charge in [0.25, 0.3) is 0 Å². The molecule has 2 rings (SSSR count). The number of hydrogen-bond acceptors (Lipinski definition) is 3. The van der Waals surface area contributed by atoms with Crippen LogP contribution in [0.4, 0.5) is 0 Å². The lowest BCUT2D eigenvalue weighted by Gasteiger charge is -2.35. The fraction of sp³-hybridized carbons (Fsp3) is 0.375. The lowest BCUT2D eigenvalue weighted by molar-refractivity contribution is -0.143. The molecule has 0 spiro atoms. The molecule has 1 aromatic heterocycles. The van der Waals surface area contributed by atoms with Gasteiger partial charge < -0.3 is 15.1 Å². The second-order valence-electron chi connectivity index (χ2n) is 2.90. The SMILES string of the molecule is NC1CN(Cc2ccco2)C1=O. The van der Waals surface area contributed by atoms with E-state index in [1.807, 2.05) is 6.07 Å². The van der Waals surface area contributed by atoms with Crippen molar-refractivity contribution in [1.82, 2.24) is 4.90 Å². The standard InChI is InChI=1S/C8H10N2O2/c9-7-5-10(8(7)11)4-6-2-1-3-12-6/h1-3,7H,4-5,9H2. The van der Waals surface area contributed by atoms with Crippen LogP contribution in [0.5, 0.6) is 0 Å². The van der Waals surface area contributed by atoms with E-state index in [9.17, 15) is 4.79 Å². The van der Waals surface area contributed by atoms with Crippen molar-refractivity contribution in [3.05, 3.63) is 24.2 Å².